The standard InChI is InChI=1S/C21H23N3O3S/c1-4-27-21(26)17-12(2)18(22-13(17)3)20(25)24-11-7-9-15(24)19-23-14-8-5-6-10-16(14)28-19/h5-6,8,10,15,22H,4,7,9,11H2,1-3H3. The van der Waals surface area contributed by atoms with Gasteiger partial charge in [-0.3, -0.25) is 4.79 Å². The highest BCUT2D eigenvalue weighted by molar-refractivity contribution is 7.18. The Hall–Kier alpha value is -2.67. The second kappa shape index (κ2) is 7.39. The number of aryl methyl sites for hydroxylation is 1. The van der Waals surface area contributed by atoms with Crippen LogP contribution >= 0.6 is 11.3 Å². The summed E-state index contributed by atoms with van der Waals surface area (Å²) in [4.78, 5) is 35.3. The van der Waals surface area contributed by atoms with Crippen LogP contribution in [0.2, 0.25) is 0 Å². The molecule has 1 N–H and O–H groups in total. The number of H-pyrrole nitrogens is 1. The molecule has 146 valence electrons. The lowest BCUT2D eigenvalue weighted by Gasteiger charge is -2.23. The van der Waals surface area contributed by atoms with Crippen molar-refractivity contribution in [2.24, 2.45) is 0 Å². The van der Waals surface area contributed by atoms with Gasteiger partial charge in [-0.05, 0) is 51.3 Å². The van der Waals surface area contributed by atoms with Gasteiger partial charge in [0.1, 0.15) is 10.7 Å². The molecular weight excluding hydrogens is 374 g/mol. The summed E-state index contributed by atoms with van der Waals surface area (Å²) in [5, 5.41) is 0.971. The highest BCUT2D eigenvalue weighted by Gasteiger charge is 2.35. The molecule has 2 aromatic heterocycles. The number of carbonyl (C=O) groups is 2. The number of fused-ring (bicyclic) bond motifs is 1. The average Bonchev–Trinajstić information content (AvgIpc) is 3.37. The van der Waals surface area contributed by atoms with Gasteiger partial charge in [-0.1, -0.05) is 12.1 Å². The predicted molar refractivity (Wildman–Crippen MR) is 109 cm³/mol. The normalized spacial score (nSPS) is 16.7. The Morgan fingerprint density at radius 2 is 2.11 bits per heavy atom. The van der Waals surface area contributed by atoms with Crippen molar-refractivity contribution in [3.05, 3.63) is 51.8 Å². The first kappa shape index (κ1) is 18.7. The molecule has 1 aromatic carbocycles. The van der Waals surface area contributed by atoms with Crippen molar-refractivity contribution >= 4 is 33.4 Å². The third-order valence-electron chi connectivity index (χ3n) is 5.24. The van der Waals surface area contributed by atoms with Gasteiger partial charge in [-0.15, -0.1) is 11.3 Å². The van der Waals surface area contributed by atoms with Gasteiger partial charge in [0.25, 0.3) is 5.91 Å². The molecule has 0 spiro atoms. The van der Waals surface area contributed by atoms with Crippen molar-refractivity contribution in [2.75, 3.05) is 13.2 Å². The number of rotatable bonds is 4. The highest BCUT2D eigenvalue weighted by atomic mass is 32.1. The second-order valence-corrected chi connectivity index (χ2v) is 8.08. The van der Waals surface area contributed by atoms with Crippen LogP contribution in [-0.4, -0.2) is 39.9 Å². The first-order chi connectivity index (χ1) is 13.5. The number of esters is 1. The highest BCUT2D eigenvalue weighted by Crippen LogP contribution is 2.37. The number of aromatic amines is 1. The van der Waals surface area contributed by atoms with E-state index in [1.807, 2.05) is 23.1 Å². The topological polar surface area (TPSA) is 75.3 Å². The Bertz CT molecular complexity index is 1020. The minimum atomic E-state index is -0.392. The lowest BCUT2D eigenvalue weighted by atomic mass is 10.1. The largest absolute Gasteiger partial charge is 0.462 e. The van der Waals surface area contributed by atoms with Crippen LogP contribution in [-0.2, 0) is 4.74 Å². The zero-order valence-electron chi connectivity index (χ0n) is 16.2. The summed E-state index contributed by atoms with van der Waals surface area (Å²) >= 11 is 1.65. The van der Waals surface area contributed by atoms with Gasteiger partial charge in [0.2, 0.25) is 0 Å². The lowest BCUT2D eigenvalue weighted by molar-refractivity contribution is 0.0525. The van der Waals surface area contributed by atoms with Crippen molar-refractivity contribution < 1.29 is 14.3 Å². The number of hydrogen-bond donors (Lipinski definition) is 1. The number of ether oxygens (including phenoxy) is 1. The fraction of sp³-hybridized carbons (Fsp3) is 0.381. The SMILES string of the molecule is CCOC(=O)c1c(C)[nH]c(C(=O)N2CCCC2c2nc3ccccc3s2)c1C. The molecule has 1 aliphatic rings. The fourth-order valence-corrected chi connectivity index (χ4v) is 5.03. The number of para-hydroxylation sites is 1. The maximum atomic E-state index is 13.3. The van der Waals surface area contributed by atoms with E-state index in [1.54, 1.807) is 32.1 Å². The van der Waals surface area contributed by atoms with Gasteiger partial charge in [0.15, 0.2) is 0 Å². The van der Waals surface area contributed by atoms with Gasteiger partial charge in [0, 0.05) is 12.2 Å². The molecule has 1 fully saturated rings. The molecule has 1 unspecified atom stereocenters. The van der Waals surface area contributed by atoms with Crippen molar-refractivity contribution in [3.63, 3.8) is 0 Å². The third kappa shape index (κ3) is 3.09. The van der Waals surface area contributed by atoms with Crippen molar-refractivity contribution in [1.82, 2.24) is 14.9 Å². The number of thiazole rings is 1. The Morgan fingerprint density at radius 3 is 2.86 bits per heavy atom. The number of nitrogens with one attached hydrogen (secondary N) is 1. The lowest BCUT2D eigenvalue weighted by Crippen LogP contribution is -2.31. The van der Waals surface area contributed by atoms with Gasteiger partial charge >= 0.3 is 5.97 Å². The molecule has 1 amide bonds. The smallest absolute Gasteiger partial charge is 0.340 e. The Balaban J connectivity index is 1.65. The minimum Gasteiger partial charge on any atom is -0.462 e. The molecule has 4 rings (SSSR count). The monoisotopic (exact) mass is 397 g/mol. The van der Waals surface area contributed by atoms with E-state index in [4.69, 9.17) is 9.72 Å². The first-order valence-electron chi connectivity index (χ1n) is 9.54. The molecular formula is C21H23N3O3S. The summed E-state index contributed by atoms with van der Waals surface area (Å²) in [6.07, 6.45) is 1.84. The van der Waals surface area contributed by atoms with Gasteiger partial charge in [-0.2, -0.15) is 0 Å². The van der Waals surface area contributed by atoms with E-state index in [2.05, 4.69) is 11.1 Å². The van der Waals surface area contributed by atoms with Crippen LogP contribution in [0.4, 0.5) is 0 Å². The average molecular weight is 398 g/mol. The Kier molecular flexibility index (Phi) is 4.93. The fourth-order valence-electron chi connectivity index (χ4n) is 3.92. The molecule has 7 heteroatoms. The Labute approximate surface area is 167 Å². The van der Waals surface area contributed by atoms with Crippen LogP contribution in [0.1, 0.15) is 62.9 Å². The van der Waals surface area contributed by atoms with Gasteiger partial charge in [-0.25, -0.2) is 9.78 Å². The van der Waals surface area contributed by atoms with Crippen LogP contribution in [0, 0.1) is 13.8 Å². The van der Waals surface area contributed by atoms with Crippen molar-refractivity contribution in [1.29, 1.82) is 0 Å². The molecule has 0 radical (unpaired) electrons. The number of aromatic nitrogens is 2. The molecule has 0 aliphatic carbocycles. The quantitative estimate of drug-likeness (QED) is 0.662. The molecule has 0 bridgehead atoms. The van der Waals surface area contributed by atoms with Crippen LogP contribution in [0.3, 0.4) is 0 Å². The summed E-state index contributed by atoms with van der Waals surface area (Å²) in [5.41, 5.74) is 3.21. The van der Waals surface area contributed by atoms with Crippen molar-refractivity contribution in [3.8, 4) is 0 Å². The molecule has 28 heavy (non-hydrogen) atoms. The number of likely N-dealkylation sites (tertiary alicyclic amines) is 1. The van der Waals surface area contributed by atoms with E-state index in [9.17, 15) is 9.59 Å². The van der Waals surface area contributed by atoms with Crippen molar-refractivity contribution in [2.45, 2.75) is 39.7 Å². The minimum absolute atomic E-state index is 0.0288. The van der Waals surface area contributed by atoms with E-state index >= 15 is 0 Å². The van der Waals surface area contributed by atoms with Gasteiger partial charge in [0.05, 0.1) is 28.4 Å². The maximum absolute atomic E-state index is 13.3. The van der Waals surface area contributed by atoms with Crippen LogP contribution in [0.15, 0.2) is 24.3 Å². The molecule has 3 aromatic rings. The summed E-state index contributed by atoms with van der Waals surface area (Å²) < 4.78 is 6.27. The second-order valence-electron chi connectivity index (χ2n) is 7.02. The number of nitrogens with zero attached hydrogens (tertiary/aromatic N) is 2. The molecule has 0 saturated carbocycles. The summed E-state index contributed by atoms with van der Waals surface area (Å²) in [5.74, 6) is -0.477. The molecule has 1 saturated heterocycles. The number of benzene rings is 1. The van der Waals surface area contributed by atoms with E-state index < -0.39 is 5.97 Å². The van der Waals surface area contributed by atoms with E-state index in [-0.39, 0.29) is 11.9 Å². The van der Waals surface area contributed by atoms with Crippen LogP contribution in [0.25, 0.3) is 10.2 Å². The summed E-state index contributed by atoms with van der Waals surface area (Å²) in [6.45, 7) is 6.36. The predicted octanol–water partition coefficient (Wildman–Crippen LogP) is 4.40. The van der Waals surface area contributed by atoms with E-state index in [0.29, 0.717) is 35.7 Å². The molecule has 6 nitrogen and oxygen atoms in total. The Morgan fingerprint density at radius 1 is 1.32 bits per heavy atom. The van der Waals surface area contributed by atoms with E-state index in [1.165, 1.54) is 0 Å². The number of amides is 1. The van der Waals surface area contributed by atoms with E-state index in [0.717, 1.165) is 28.1 Å². The number of carbonyl (C=O) groups excluding carboxylic acids is 2. The number of hydrogen-bond acceptors (Lipinski definition) is 5. The zero-order valence-corrected chi connectivity index (χ0v) is 17.1. The molecule has 3 heterocycles. The first-order valence-corrected chi connectivity index (χ1v) is 10.4. The summed E-state index contributed by atoms with van der Waals surface area (Å²) in [7, 11) is 0. The molecule has 1 aliphatic heterocycles. The molecule has 1 atom stereocenters. The zero-order chi connectivity index (χ0) is 19.8. The maximum Gasteiger partial charge on any atom is 0.340 e. The van der Waals surface area contributed by atoms with Crippen LogP contribution < -0.4 is 0 Å². The third-order valence-corrected chi connectivity index (χ3v) is 6.38. The summed E-state index contributed by atoms with van der Waals surface area (Å²) in [6, 6.07) is 8.01. The van der Waals surface area contributed by atoms with Gasteiger partial charge < -0.3 is 14.6 Å². The van der Waals surface area contributed by atoms with Crippen LogP contribution in [0.5, 0.6) is 0 Å².